The molecule has 1 amide bonds. The predicted octanol–water partition coefficient (Wildman–Crippen LogP) is 2.58. The van der Waals surface area contributed by atoms with Gasteiger partial charge in [0.2, 0.25) is 0 Å². The van der Waals surface area contributed by atoms with Crippen molar-refractivity contribution in [3.8, 4) is 0 Å². The lowest BCUT2D eigenvalue weighted by atomic mass is 10.1. The van der Waals surface area contributed by atoms with E-state index in [4.69, 9.17) is 4.74 Å². The minimum absolute atomic E-state index is 0.124. The zero-order chi connectivity index (χ0) is 16.4. The zero-order valence-electron chi connectivity index (χ0n) is 13.2. The topological polar surface area (TPSA) is 75.9 Å². The first kappa shape index (κ1) is 15.6. The van der Waals surface area contributed by atoms with Gasteiger partial charge in [0.15, 0.2) is 0 Å². The Kier molecular flexibility index (Phi) is 4.36. The van der Waals surface area contributed by atoms with Crippen molar-refractivity contribution in [2.24, 2.45) is 0 Å². The van der Waals surface area contributed by atoms with E-state index in [2.05, 4.69) is 11.8 Å². The minimum Gasteiger partial charge on any atom is -0.449 e. The van der Waals surface area contributed by atoms with Gasteiger partial charge < -0.3 is 14.5 Å². The Bertz CT molecular complexity index is 619. The van der Waals surface area contributed by atoms with Crippen LogP contribution in [0.2, 0.25) is 0 Å². The molecule has 0 radical (unpaired) electrons. The van der Waals surface area contributed by atoms with Crippen LogP contribution in [0.15, 0.2) is 18.2 Å². The number of fused-ring (bicyclic) bond motifs is 3. The van der Waals surface area contributed by atoms with Gasteiger partial charge in [-0.1, -0.05) is 13.3 Å². The number of rotatable bonds is 4. The summed E-state index contributed by atoms with van der Waals surface area (Å²) in [5.41, 5.74) is 2.17. The summed E-state index contributed by atoms with van der Waals surface area (Å²) in [6.07, 6.45) is 2.36. The zero-order valence-corrected chi connectivity index (χ0v) is 13.2. The van der Waals surface area contributed by atoms with Gasteiger partial charge in [-0.15, -0.1) is 0 Å². The van der Waals surface area contributed by atoms with Crippen LogP contribution < -0.4 is 4.90 Å². The number of non-ortho nitro benzene ring substituents is 1. The number of piperazine rings is 1. The van der Waals surface area contributed by atoms with Gasteiger partial charge in [-0.2, -0.15) is 0 Å². The maximum atomic E-state index is 12.1. The first-order valence-corrected chi connectivity index (χ1v) is 8.05. The summed E-state index contributed by atoms with van der Waals surface area (Å²) < 4.78 is 5.28. The summed E-state index contributed by atoms with van der Waals surface area (Å²) in [7, 11) is 0. The van der Waals surface area contributed by atoms with E-state index in [1.165, 1.54) is 0 Å². The standard InChI is InChI=1S/C16H21N3O4/c1-2-3-8-23-16(20)17-6-7-18-14(11-17)10-12-9-13(19(21)22)4-5-15(12)18/h4-5,9,14H,2-3,6-8,10-11H2,1H3/t14-/m0/s1. The largest absolute Gasteiger partial charge is 0.449 e. The molecule has 0 N–H and O–H groups in total. The number of amides is 1. The van der Waals surface area contributed by atoms with Crippen LogP contribution in [-0.2, 0) is 11.2 Å². The smallest absolute Gasteiger partial charge is 0.409 e. The second-order valence-electron chi connectivity index (χ2n) is 6.04. The highest BCUT2D eigenvalue weighted by Crippen LogP contribution is 2.36. The van der Waals surface area contributed by atoms with E-state index < -0.39 is 0 Å². The molecule has 1 atom stereocenters. The fraction of sp³-hybridized carbons (Fsp3) is 0.562. The summed E-state index contributed by atoms with van der Waals surface area (Å²) in [5.74, 6) is 0. The van der Waals surface area contributed by atoms with Gasteiger partial charge in [-0.25, -0.2) is 4.79 Å². The number of carbonyl (C=O) groups excluding carboxylic acids is 1. The molecule has 0 bridgehead atoms. The molecule has 1 aromatic carbocycles. The van der Waals surface area contributed by atoms with E-state index in [0.29, 0.717) is 19.7 Å². The molecule has 7 nitrogen and oxygen atoms in total. The van der Waals surface area contributed by atoms with Crippen molar-refractivity contribution in [2.75, 3.05) is 31.1 Å². The van der Waals surface area contributed by atoms with E-state index in [-0.39, 0.29) is 22.7 Å². The molecule has 3 rings (SSSR count). The second-order valence-corrected chi connectivity index (χ2v) is 6.04. The Balaban J connectivity index is 1.65. The highest BCUT2D eigenvalue weighted by Gasteiger charge is 2.36. The molecule has 23 heavy (non-hydrogen) atoms. The maximum Gasteiger partial charge on any atom is 0.409 e. The molecule has 0 aromatic heterocycles. The van der Waals surface area contributed by atoms with E-state index in [9.17, 15) is 14.9 Å². The number of nitro benzene ring substituents is 1. The number of benzene rings is 1. The highest BCUT2D eigenvalue weighted by molar-refractivity contribution is 5.69. The van der Waals surface area contributed by atoms with E-state index in [0.717, 1.165) is 37.1 Å². The Morgan fingerprint density at radius 3 is 3.00 bits per heavy atom. The number of ether oxygens (including phenoxy) is 1. The van der Waals surface area contributed by atoms with Gasteiger partial charge in [0.25, 0.3) is 5.69 Å². The fourth-order valence-corrected chi connectivity index (χ4v) is 3.29. The minimum atomic E-state index is -0.366. The van der Waals surface area contributed by atoms with Gasteiger partial charge in [0.1, 0.15) is 0 Å². The molecule has 7 heteroatoms. The number of hydrogen-bond donors (Lipinski definition) is 0. The lowest BCUT2D eigenvalue weighted by Gasteiger charge is -2.38. The van der Waals surface area contributed by atoms with Crippen LogP contribution in [0.25, 0.3) is 0 Å². The van der Waals surface area contributed by atoms with Crippen molar-refractivity contribution in [2.45, 2.75) is 32.2 Å². The van der Waals surface area contributed by atoms with Crippen molar-refractivity contribution in [3.63, 3.8) is 0 Å². The third-order valence-electron chi connectivity index (χ3n) is 4.50. The van der Waals surface area contributed by atoms with Gasteiger partial charge in [-0.3, -0.25) is 10.1 Å². The monoisotopic (exact) mass is 319 g/mol. The van der Waals surface area contributed by atoms with E-state index >= 15 is 0 Å². The quantitative estimate of drug-likeness (QED) is 0.484. The van der Waals surface area contributed by atoms with Crippen LogP contribution in [0.4, 0.5) is 16.2 Å². The number of nitro groups is 1. The number of unbranched alkanes of at least 4 members (excludes halogenated alkanes) is 1. The summed E-state index contributed by atoms with van der Waals surface area (Å²) in [5, 5.41) is 10.9. The average Bonchev–Trinajstić information content (AvgIpc) is 2.91. The van der Waals surface area contributed by atoms with Crippen LogP contribution in [0.1, 0.15) is 25.3 Å². The van der Waals surface area contributed by atoms with Crippen LogP contribution in [0, 0.1) is 10.1 Å². The van der Waals surface area contributed by atoms with E-state index in [1.54, 1.807) is 17.0 Å². The Labute approximate surface area is 135 Å². The van der Waals surface area contributed by atoms with E-state index in [1.807, 2.05) is 6.07 Å². The summed E-state index contributed by atoms with van der Waals surface area (Å²) in [6, 6.07) is 5.20. The van der Waals surface area contributed by atoms with Gasteiger partial charge >= 0.3 is 6.09 Å². The highest BCUT2D eigenvalue weighted by atomic mass is 16.6. The van der Waals surface area contributed by atoms with Gasteiger partial charge in [0, 0.05) is 37.5 Å². The number of carbonyl (C=O) groups is 1. The van der Waals surface area contributed by atoms with Crippen LogP contribution >= 0.6 is 0 Å². The number of anilines is 1. The molecule has 1 fully saturated rings. The fourth-order valence-electron chi connectivity index (χ4n) is 3.29. The van der Waals surface area contributed by atoms with Crippen LogP contribution in [0.5, 0.6) is 0 Å². The second kappa shape index (κ2) is 6.44. The molecule has 0 aliphatic carbocycles. The molecule has 0 unspecified atom stereocenters. The van der Waals surface area contributed by atoms with Crippen molar-refractivity contribution in [1.29, 1.82) is 0 Å². The third-order valence-corrected chi connectivity index (χ3v) is 4.50. The van der Waals surface area contributed by atoms with Crippen molar-refractivity contribution >= 4 is 17.5 Å². The molecule has 2 aliphatic heterocycles. The summed E-state index contributed by atoms with van der Waals surface area (Å²) >= 11 is 0. The number of nitrogens with zero attached hydrogens (tertiary/aromatic N) is 3. The maximum absolute atomic E-state index is 12.1. The lowest BCUT2D eigenvalue weighted by molar-refractivity contribution is -0.384. The van der Waals surface area contributed by atoms with Gasteiger partial charge in [-0.05, 0) is 24.5 Å². The Morgan fingerprint density at radius 1 is 1.43 bits per heavy atom. The number of hydrogen-bond acceptors (Lipinski definition) is 5. The van der Waals surface area contributed by atoms with Crippen LogP contribution in [-0.4, -0.2) is 48.2 Å². The third kappa shape index (κ3) is 3.09. The molecule has 1 saturated heterocycles. The van der Waals surface area contributed by atoms with Crippen molar-refractivity contribution < 1.29 is 14.5 Å². The normalized spacial score (nSPS) is 19.3. The summed E-state index contributed by atoms with van der Waals surface area (Å²) in [6.45, 7) is 4.48. The molecule has 2 heterocycles. The lowest BCUT2D eigenvalue weighted by Crippen LogP contribution is -2.53. The molecular formula is C16H21N3O4. The SMILES string of the molecule is CCCCOC(=O)N1CCN2c3ccc([N+](=O)[O-])cc3C[C@H]2C1. The molecule has 124 valence electrons. The summed E-state index contributed by atoms with van der Waals surface area (Å²) in [4.78, 5) is 26.6. The Hall–Kier alpha value is -2.31. The first-order chi connectivity index (χ1) is 11.1. The Morgan fingerprint density at radius 2 is 2.26 bits per heavy atom. The predicted molar refractivity (Wildman–Crippen MR) is 85.8 cm³/mol. The molecule has 0 spiro atoms. The van der Waals surface area contributed by atoms with Crippen molar-refractivity contribution in [1.82, 2.24) is 4.90 Å². The molecular weight excluding hydrogens is 298 g/mol. The average molecular weight is 319 g/mol. The first-order valence-electron chi connectivity index (χ1n) is 8.05. The molecule has 2 aliphatic rings. The van der Waals surface area contributed by atoms with Crippen LogP contribution in [0.3, 0.4) is 0 Å². The molecule has 0 saturated carbocycles. The molecule has 1 aromatic rings. The van der Waals surface area contributed by atoms with Gasteiger partial charge in [0.05, 0.1) is 17.6 Å². The van der Waals surface area contributed by atoms with Crippen molar-refractivity contribution in [3.05, 3.63) is 33.9 Å².